The molecule has 5 nitrogen and oxygen atoms in total. The zero-order chi connectivity index (χ0) is 14.1. The second kappa shape index (κ2) is 5.15. The molecule has 106 valence electrons. The van der Waals surface area contributed by atoms with Crippen LogP contribution in [-0.4, -0.2) is 15.2 Å². The molecule has 3 N–H and O–H groups in total. The number of phenolic OH excluding ortho intramolecular Hbond substituents is 1. The predicted octanol–water partition coefficient (Wildman–Crippen LogP) is 3.32. The SMILES string of the molecule is CC1CCC(c2noc(-c3ccc(N)cc3O)n2)CC1. The molecule has 20 heavy (non-hydrogen) atoms. The summed E-state index contributed by atoms with van der Waals surface area (Å²) in [7, 11) is 0. The van der Waals surface area contributed by atoms with Gasteiger partial charge in [-0.3, -0.25) is 0 Å². The minimum absolute atomic E-state index is 0.0671. The first-order chi connectivity index (χ1) is 9.63. The third kappa shape index (κ3) is 2.48. The van der Waals surface area contributed by atoms with Crippen LogP contribution in [0.4, 0.5) is 5.69 Å². The van der Waals surface area contributed by atoms with Gasteiger partial charge in [-0.05, 0) is 30.9 Å². The van der Waals surface area contributed by atoms with Crippen molar-refractivity contribution in [2.75, 3.05) is 5.73 Å². The summed E-state index contributed by atoms with van der Waals surface area (Å²) in [6.45, 7) is 2.28. The van der Waals surface area contributed by atoms with Gasteiger partial charge in [-0.2, -0.15) is 4.98 Å². The molecule has 0 amide bonds. The highest BCUT2D eigenvalue weighted by molar-refractivity contribution is 5.66. The highest BCUT2D eigenvalue weighted by Gasteiger charge is 2.24. The van der Waals surface area contributed by atoms with E-state index in [0.717, 1.165) is 24.6 Å². The molecule has 3 rings (SSSR count). The molecule has 0 bridgehead atoms. The number of nitrogens with two attached hydrogens (primary N) is 1. The van der Waals surface area contributed by atoms with Gasteiger partial charge in [-0.1, -0.05) is 24.9 Å². The van der Waals surface area contributed by atoms with Crippen LogP contribution in [0.1, 0.15) is 44.3 Å². The van der Waals surface area contributed by atoms with Crippen molar-refractivity contribution >= 4 is 5.69 Å². The molecule has 1 aromatic heterocycles. The third-order valence-corrected chi connectivity index (χ3v) is 4.07. The Morgan fingerprint density at radius 2 is 2.00 bits per heavy atom. The van der Waals surface area contributed by atoms with E-state index in [2.05, 4.69) is 17.1 Å². The zero-order valence-corrected chi connectivity index (χ0v) is 11.5. The summed E-state index contributed by atoms with van der Waals surface area (Å²) in [4.78, 5) is 4.44. The van der Waals surface area contributed by atoms with Gasteiger partial charge >= 0.3 is 0 Å². The van der Waals surface area contributed by atoms with Crippen molar-refractivity contribution in [3.05, 3.63) is 24.0 Å². The maximum absolute atomic E-state index is 9.89. The highest BCUT2D eigenvalue weighted by Crippen LogP contribution is 2.36. The Kier molecular flexibility index (Phi) is 3.34. The summed E-state index contributed by atoms with van der Waals surface area (Å²) < 4.78 is 5.29. The minimum Gasteiger partial charge on any atom is -0.507 e. The first-order valence-corrected chi connectivity index (χ1v) is 7.06. The average molecular weight is 273 g/mol. The Hall–Kier alpha value is -2.04. The van der Waals surface area contributed by atoms with Crippen LogP contribution in [0.3, 0.4) is 0 Å². The van der Waals surface area contributed by atoms with Crippen molar-refractivity contribution in [2.45, 2.75) is 38.5 Å². The second-order valence-corrected chi connectivity index (χ2v) is 5.69. The van der Waals surface area contributed by atoms with Gasteiger partial charge in [0, 0.05) is 17.7 Å². The largest absolute Gasteiger partial charge is 0.507 e. The van der Waals surface area contributed by atoms with Gasteiger partial charge in [0.2, 0.25) is 0 Å². The lowest BCUT2D eigenvalue weighted by molar-refractivity contribution is 0.328. The molecule has 1 aromatic carbocycles. The molecule has 0 unspecified atom stereocenters. The van der Waals surface area contributed by atoms with E-state index in [-0.39, 0.29) is 5.75 Å². The van der Waals surface area contributed by atoms with Gasteiger partial charge in [0.05, 0.1) is 5.56 Å². The summed E-state index contributed by atoms with van der Waals surface area (Å²) in [6, 6.07) is 4.90. The van der Waals surface area contributed by atoms with E-state index >= 15 is 0 Å². The number of aromatic hydroxyl groups is 1. The molecule has 2 aromatic rings. The summed E-state index contributed by atoms with van der Waals surface area (Å²) >= 11 is 0. The molecule has 0 radical (unpaired) electrons. The number of hydrogen-bond acceptors (Lipinski definition) is 5. The lowest BCUT2D eigenvalue weighted by atomic mass is 9.83. The monoisotopic (exact) mass is 273 g/mol. The maximum atomic E-state index is 9.89. The smallest absolute Gasteiger partial charge is 0.261 e. The molecule has 0 atom stereocenters. The Morgan fingerprint density at radius 1 is 1.25 bits per heavy atom. The first-order valence-electron chi connectivity index (χ1n) is 7.06. The van der Waals surface area contributed by atoms with Crippen molar-refractivity contribution in [3.63, 3.8) is 0 Å². The fourth-order valence-electron chi connectivity index (χ4n) is 2.76. The van der Waals surface area contributed by atoms with Gasteiger partial charge in [0.15, 0.2) is 5.82 Å². The van der Waals surface area contributed by atoms with Crippen LogP contribution in [0.2, 0.25) is 0 Å². The Morgan fingerprint density at radius 3 is 2.70 bits per heavy atom. The van der Waals surface area contributed by atoms with Crippen LogP contribution < -0.4 is 5.73 Å². The fourth-order valence-corrected chi connectivity index (χ4v) is 2.76. The van der Waals surface area contributed by atoms with Gasteiger partial charge in [-0.25, -0.2) is 0 Å². The molecule has 1 heterocycles. The van der Waals surface area contributed by atoms with E-state index in [1.54, 1.807) is 12.1 Å². The Balaban J connectivity index is 1.83. The van der Waals surface area contributed by atoms with E-state index in [4.69, 9.17) is 10.3 Å². The lowest BCUT2D eigenvalue weighted by Gasteiger charge is -2.23. The minimum atomic E-state index is 0.0671. The summed E-state index contributed by atoms with van der Waals surface area (Å²) in [5.74, 6) is 2.34. The summed E-state index contributed by atoms with van der Waals surface area (Å²) in [5.41, 5.74) is 6.65. The van der Waals surface area contributed by atoms with Gasteiger partial charge in [0.1, 0.15) is 5.75 Å². The van der Waals surface area contributed by atoms with Crippen molar-refractivity contribution < 1.29 is 9.63 Å². The van der Waals surface area contributed by atoms with Crippen LogP contribution in [-0.2, 0) is 0 Å². The molecule has 5 heteroatoms. The zero-order valence-electron chi connectivity index (χ0n) is 11.5. The molecular weight excluding hydrogens is 254 g/mol. The Labute approximate surface area is 117 Å². The summed E-state index contributed by atoms with van der Waals surface area (Å²) in [6.07, 6.45) is 4.63. The normalized spacial score (nSPS) is 22.9. The quantitative estimate of drug-likeness (QED) is 0.820. The number of hydrogen-bond donors (Lipinski definition) is 2. The van der Waals surface area contributed by atoms with E-state index in [9.17, 15) is 5.11 Å². The molecule has 1 aliphatic carbocycles. The lowest BCUT2D eigenvalue weighted by Crippen LogP contribution is -2.11. The molecule has 1 saturated carbocycles. The van der Waals surface area contributed by atoms with E-state index in [1.165, 1.54) is 18.9 Å². The highest BCUT2D eigenvalue weighted by atomic mass is 16.5. The van der Waals surface area contributed by atoms with E-state index < -0.39 is 0 Å². The second-order valence-electron chi connectivity index (χ2n) is 5.69. The molecule has 0 aliphatic heterocycles. The average Bonchev–Trinajstić information content (AvgIpc) is 2.89. The van der Waals surface area contributed by atoms with Gasteiger partial charge in [0.25, 0.3) is 5.89 Å². The Bertz CT molecular complexity index is 601. The van der Waals surface area contributed by atoms with Crippen molar-refractivity contribution in [3.8, 4) is 17.2 Å². The molecule has 0 spiro atoms. The number of nitrogens with zero attached hydrogens (tertiary/aromatic N) is 2. The topological polar surface area (TPSA) is 85.2 Å². The number of nitrogen functional groups attached to an aromatic ring is 1. The maximum Gasteiger partial charge on any atom is 0.261 e. The number of benzene rings is 1. The predicted molar refractivity (Wildman–Crippen MR) is 76.2 cm³/mol. The first kappa shape index (κ1) is 13.0. The van der Waals surface area contributed by atoms with Gasteiger partial charge in [-0.15, -0.1) is 0 Å². The number of phenols is 1. The number of rotatable bonds is 2. The molecule has 1 aliphatic rings. The van der Waals surface area contributed by atoms with Crippen molar-refractivity contribution in [1.29, 1.82) is 0 Å². The van der Waals surface area contributed by atoms with Crippen molar-refractivity contribution in [1.82, 2.24) is 10.1 Å². The molecular formula is C15H19N3O2. The number of aromatic nitrogens is 2. The van der Waals surface area contributed by atoms with Crippen LogP contribution in [0.25, 0.3) is 11.5 Å². The van der Waals surface area contributed by atoms with E-state index in [1.807, 2.05) is 0 Å². The number of anilines is 1. The van der Waals surface area contributed by atoms with Crippen LogP contribution in [0, 0.1) is 5.92 Å². The fraction of sp³-hybridized carbons (Fsp3) is 0.467. The molecule has 0 saturated heterocycles. The summed E-state index contributed by atoms with van der Waals surface area (Å²) in [5, 5.41) is 14.0. The van der Waals surface area contributed by atoms with Crippen LogP contribution in [0.15, 0.2) is 22.7 Å². The third-order valence-electron chi connectivity index (χ3n) is 4.07. The van der Waals surface area contributed by atoms with E-state index in [0.29, 0.717) is 23.1 Å². The van der Waals surface area contributed by atoms with Crippen LogP contribution >= 0.6 is 0 Å². The molecule has 1 fully saturated rings. The van der Waals surface area contributed by atoms with Gasteiger partial charge < -0.3 is 15.4 Å². The standard InChI is InChI=1S/C15H19N3O2/c1-9-2-4-10(5-3-9)14-17-15(20-18-14)12-7-6-11(16)8-13(12)19/h6-10,19H,2-5,16H2,1H3. The van der Waals surface area contributed by atoms with Crippen molar-refractivity contribution in [2.24, 2.45) is 5.92 Å². The van der Waals surface area contributed by atoms with Crippen LogP contribution in [0.5, 0.6) is 5.75 Å².